The highest BCUT2D eigenvalue weighted by Crippen LogP contribution is 2.24. The van der Waals surface area contributed by atoms with Crippen LogP contribution in [0.4, 0.5) is 5.69 Å². The molecule has 1 aliphatic rings. The van der Waals surface area contributed by atoms with Gasteiger partial charge in [0, 0.05) is 18.8 Å². The van der Waals surface area contributed by atoms with Crippen LogP contribution in [0.15, 0.2) is 18.3 Å². The second-order valence-electron chi connectivity index (χ2n) is 4.59. The minimum atomic E-state index is 0.0880. The summed E-state index contributed by atoms with van der Waals surface area (Å²) in [6.45, 7) is 3.82. The summed E-state index contributed by atoms with van der Waals surface area (Å²) in [4.78, 5) is 4.54. The van der Waals surface area contributed by atoms with Crippen molar-refractivity contribution in [2.75, 3.05) is 18.5 Å². The van der Waals surface area contributed by atoms with Crippen molar-refractivity contribution < 1.29 is 4.74 Å². The van der Waals surface area contributed by atoms with E-state index in [1.165, 1.54) is 0 Å². The standard InChI is InChI=1S/C12H17N3OS/c1-12(4-6-16-7-5-12)15-9-2-3-10(11(13)17)14-8-9/h2-3,8,15H,4-7H2,1H3,(H2,13,17). The van der Waals surface area contributed by atoms with E-state index in [0.717, 1.165) is 31.7 Å². The lowest BCUT2D eigenvalue weighted by atomic mass is 9.92. The number of nitrogens with zero attached hydrogens (tertiary/aromatic N) is 1. The Kier molecular flexibility index (Phi) is 3.59. The molecule has 0 bridgehead atoms. The van der Waals surface area contributed by atoms with Gasteiger partial charge in [0.2, 0.25) is 0 Å². The Balaban J connectivity index is 2.05. The summed E-state index contributed by atoms with van der Waals surface area (Å²) in [7, 11) is 0. The summed E-state index contributed by atoms with van der Waals surface area (Å²) in [6, 6.07) is 3.80. The number of thiocarbonyl (C=S) groups is 1. The fourth-order valence-electron chi connectivity index (χ4n) is 1.91. The van der Waals surface area contributed by atoms with E-state index >= 15 is 0 Å². The third-order valence-corrected chi connectivity index (χ3v) is 3.27. The molecular weight excluding hydrogens is 234 g/mol. The predicted octanol–water partition coefficient (Wildman–Crippen LogP) is 1.70. The first-order valence-corrected chi connectivity index (χ1v) is 6.12. The van der Waals surface area contributed by atoms with Gasteiger partial charge in [0.05, 0.1) is 17.6 Å². The number of pyridine rings is 1. The second kappa shape index (κ2) is 4.98. The predicted molar refractivity (Wildman–Crippen MR) is 72.2 cm³/mol. The van der Waals surface area contributed by atoms with E-state index in [-0.39, 0.29) is 5.54 Å². The van der Waals surface area contributed by atoms with Gasteiger partial charge in [0.25, 0.3) is 0 Å². The van der Waals surface area contributed by atoms with Crippen molar-refractivity contribution in [3.63, 3.8) is 0 Å². The van der Waals surface area contributed by atoms with Crippen LogP contribution in [-0.4, -0.2) is 28.7 Å². The first-order chi connectivity index (χ1) is 8.09. The second-order valence-corrected chi connectivity index (χ2v) is 5.03. The zero-order chi connectivity index (χ0) is 12.3. The first kappa shape index (κ1) is 12.3. The van der Waals surface area contributed by atoms with E-state index in [0.29, 0.717) is 10.7 Å². The number of rotatable bonds is 3. The van der Waals surface area contributed by atoms with Gasteiger partial charge in [0.15, 0.2) is 0 Å². The van der Waals surface area contributed by atoms with E-state index in [9.17, 15) is 0 Å². The molecule has 2 heterocycles. The molecule has 92 valence electrons. The van der Waals surface area contributed by atoms with Gasteiger partial charge in [-0.25, -0.2) is 0 Å². The minimum Gasteiger partial charge on any atom is -0.388 e. The van der Waals surface area contributed by atoms with Crippen LogP contribution in [0.5, 0.6) is 0 Å². The zero-order valence-corrected chi connectivity index (χ0v) is 10.7. The number of hydrogen-bond acceptors (Lipinski definition) is 4. The molecule has 1 aromatic heterocycles. The van der Waals surface area contributed by atoms with Gasteiger partial charge in [0.1, 0.15) is 4.99 Å². The quantitative estimate of drug-likeness (QED) is 0.801. The van der Waals surface area contributed by atoms with Gasteiger partial charge in [-0.1, -0.05) is 12.2 Å². The molecule has 5 heteroatoms. The maximum atomic E-state index is 5.51. The number of nitrogens with two attached hydrogens (primary N) is 1. The number of anilines is 1. The Morgan fingerprint density at radius 2 is 2.18 bits per heavy atom. The summed E-state index contributed by atoms with van der Waals surface area (Å²) >= 11 is 4.87. The van der Waals surface area contributed by atoms with Gasteiger partial charge in [-0.15, -0.1) is 0 Å². The molecule has 1 aliphatic heterocycles. The Bertz CT molecular complexity index is 399. The smallest absolute Gasteiger partial charge is 0.122 e. The monoisotopic (exact) mass is 251 g/mol. The van der Waals surface area contributed by atoms with Gasteiger partial charge in [-0.3, -0.25) is 4.98 Å². The molecule has 4 nitrogen and oxygen atoms in total. The summed E-state index contributed by atoms with van der Waals surface area (Å²) in [5.74, 6) is 0. The van der Waals surface area contributed by atoms with Crippen molar-refractivity contribution in [1.29, 1.82) is 0 Å². The molecule has 0 unspecified atom stereocenters. The lowest BCUT2D eigenvalue weighted by Gasteiger charge is -2.35. The molecule has 2 rings (SSSR count). The number of ether oxygens (including phenoxy) is 1. The van der Waals surface area contributed by atoms with Crippen LogP contribution in [0.1, 0.15) is 25.5 Å². The highest BCUT2D eigenvalue weighted by atomic mass is 32.1. The average molecular weight is 251 g/mol. The van der Waals surface area contributed by atoms with Crippen molar-refractivity contribution in [2.24, 2.45) is 5.73 Å². The minimum absolute atomic E-state index is 0.0880. The van der Waals surface area contributed by atoms with E-state index in [2.05, 4.69) is 17.2 Å². The maximum Gasteiger partial charge on any atom is 0.122 e. The molecule has 3 N–H and O–H groups in total. The fraction of sp³-hybridized carbons (Fsp3) is 0.500. The van der Waals surface area contributed by atoms with Gasteiger partial charge >= 0.3 is 0 Å². The van der Waals surface area contributed by atoms with Crippen LogP contribution in [0.2, 0.25) is 0 Å². The van der Waals surface area contributed by atoms with Crippen molar-refractivity contribution >= 4 is 22.9 Å². The van der Waals surface area contributed by atoms with E-state index in [1.54, 1.807) is 6.20 Å². The Morgan fingerprint density at radius 1 is 1.47 bits per heavy atom. The number of nitrogens with one attached hydrogen (secondary N) is 1. The van der Waals surface area contributed by atoms with Crippen LogP contribution in [0.25, 0.3) is 0 Å². The Morgan fingerprint density at radius 3 is 2.71 bits per heavy atom. The lowest BCUT2D eigenvalue weighted by molar-refractivity contribution is 0.0658. The SMILES string of the molecule is CC1(Nc2ccc(C(N)=S)nc2)CCOCC1. The Hall–Kier alpha value is -1.20. The van der Waals surface area contributed by atoms with Crippen LogP contribution in [0.3, 0.4) is 0 Å². The summed E-state index contributed by atoms with van der Waals surface area (Å²) in [5, 5.41) is 3.50. The summed E-state index contributed by atoms with van der Waals surface area (Å²) in [5.41, 5.74) is 7.24. The molecule has 0 aliphatic carbocycles. The third kappa shape index (κ3) is 3.14. The molecule has 0 aromatic carbocycles. The fourth-order valence-corrected chi connectivity index (χ4v) is 2.03. The van der Waals surface area contributed by atoms with Gasteiger partial charge < -0.3 is 15.8 Å². The summed E-state index contributed by atoms with van der Waals surface area (Å²) < 4.78 is 5.36. The van der Waals surface area contributed by atoms with E-state index in [4.69, 9.17) is 22.7 Å². The highest BCUT2D eigenvalue weighted by Gasteiger charge is 2.26. The van der Waals surface area contributed by atoms with Gasteiger partial charge in [-0.2, -0.15) is 0 Å². The van der Waals surface area contributed by atoms with Crippen LogP contribution in [0, 0.1) is 0 Å². The molecule has 17 heavy (non-hydrogen) atoms. The molecule has 0 saturated carbocycles. The lowest BCUT2D eigenvalue weighted by Crippen LogP contribution is -2.40. The highest BCUT2D eigenvalue weighted by molar-refractivity contribution is 7.80. The first-order valence-electron chi connectivity index (χ1n) is 5.71. The maximum absolute atomic E-state index is 5.51. The third-order valence-electron chi connectivity index (χ3n) is 3.06. The molecule has 0 amide bonds. The Labute approximate surface area is 107 Å². The topological polar surface area (TPSA) is 60.2 Å². The van der Waals surface area contributed by atoms with E-state index < -0.39 is 0 Å². The van der Waals surface area contributed by atoms with Crippen molar-refractivity contribution in [1.82, 2.24) is 4.98 Å². The van der Waals surface area contributed by atoms with Crippen molar-refractivity contribution in [3.8, 4) is 0 Å². The average Bonchev–Trinajstić information content (AvgIpc) is 2.30. The molecule has 1 aromatic rings. The largest absolute Gasteiger partial charge is 0.388 e. The van der Waals surface area contributed by atoms with Crippen LogP contribution in [-0.2, 0) is 4.74 Å². The van der Waals surface area contributed by atoms with Crippen molar-refractivity contribution in [2.45, 2.75) is 25.3 Å². The van der Waals surface area contributed by atoms with Crippen LogP contribution >= 0.6 is 12.2 Å². The van der Waals surface area contributed by atoms with Crippen molar-refractivity contribution in [3.05, 3.63) is 24.0 Å². The zero-order valence-electron chi connectivity index (χ0n) is 9.90. The van der Waals surface area contributed by atoms with E-state index in [1.807, 2.05) is 12.1 Å². The molecule has 1 fully saturated rings. The molecule has 0 atom stereocenters. The summed E-state index contributed by atoms with van der Waals surface area (Å²) in [6.07, 6.45) is 3.78. The number of hydrogen-bond donors (Lipinski definition) is 2. The van der Waals surface area contributed by atoms with Gasteiger partial charge in [-0.05, 0) is 31.9 Å². The normalized spacial score (nSPS) is 18.6. The molecule has 1 saturated heterocycles. The molecule has 0 spiro atoms. The van der Waals surface area contributed by atoms with Crippen LogP contribution < -0.4 is 11.1 Å². The number of aromatic nitrogens is 1. The molecular formula is C12H17N3OS. The molecule has 0 radical (unpaired) electrons.